The zero-order valence-corrected chi connectivity index (χ0v) is 26.6. The van der Waals surface area contributed by atoms with Crippen molar-refractivity contribution in [2.75, 3.05) is 0 Å². The summed E-state index contributed by atoms with van der Waals surface area (Å²) in [6.07, 6.45) is 0. The first-order chi connectivity index (χ1) is 22.6. The first kappa shape index (κ1) is 26.0. The summed E-state index contributed by atoms with van der Waals surface area (Å²) in [6, 6.07) is 54.5. The summed E-state index contributed by atoms with van der Waals surface area (Å²) in [7, 11) is 0. The summed E-state index contributed by atoms with van der Waals surface area (Å²) in [4.78, 5) is 0. The van der Waals surface area contributed by atoms with Crippen molar-refractivity contribution in [2.24, 2.45) is 0 Å². The molecule has 10 rings (SSSR count). The quantitative estimate of drug-likeness (QED) is 0.173. The Morgan fingerprint density at radius 1 is 0.435 bits per heavy atom. The topological polar surface area (TPSA) is 0 Å². The van der Waals surface area contributed by atoms with Crippen molar-refractivity contribution < 1.29 is 0 Å². The van der Waals surface area contributed by atoms with Gasteiger partial charge in [0.15, 0.2) is 0 Å². The molecule has 1 aliphatic carbocycles. The molecule has 0 radical (unpaired) electrons. The van der Waals surface area contributed by atoms with Gasteiger partial charge in [-0.3, -0.25) is 0 Å². The molecule has 0 nitrogen and oxygen atoms in total. The summed E-state index contributed by atoms with van der Waals surface area (Å²) in [6.45, 7) is 4.75. The molecule has 46 heavy (non-hydrogen) atoms. The van der Waals surface area contributed by atoms with Crippen LogP contribution in [0.4, 0.5) is 0 Å². The smallest absolute Gasteiger partial charge is 0.0434 e. The van der Waals surface area contributed by atoms with Crippen LogP contribution in [-0.2, 0) is 5.41 Å². The Balaban J connectivity index is 1.26. The van der Waals surface area contributed by atoms with Crippen LogP contribution in [0, 0.1) is 0 Å². The first-order valence-electron chi connectivity index (χ1n) is 16.1. The molecule has 8 aromatic carbocycles. The molecule has 0 atom stereocenters. The number of hydrogen-bond acceptors (Lipinski definition) is 1. The molecule has 0 fully saturated rings. The van der Waals surface area contributed by atoms with Gasteiger partial charge in [0.1, 0.15) is 0 Å². The van der Waals surface area contributed by atoms with Gasteiger partial charge in [-0.2, -0.15) is 0 Å². The fourth-order valence-corrected chi connectivity index (χ4v) is 9.68. The standard InChI is InChI=1S/C45H30S/c1-45(2)39-20-9-7-12-30(39)36-25-22-27-26-28(23-24-29(27)43(36)45)41-32-14-3-5-16-34(32)42(35-17-6-4-15-33(35)41)38-19-11-18-37-31-13-8-10-21-40(31)46-44(37)38/h3-26H,1-2H3. The van der Waals surface area contributed by atoms with E-state index in [1.807, 2.05) is 11.3 Å². The van der Waals surface area contributed by atoms with E-state index in [2.05, 4.69) is 159 Å². The van der Waals surface area contributed by atoms with E-state index in [-0.39, 0.29) is 5.41 Å². The summed E-state index contributed by atoms with van der Waals surface area (Å²) in [5.74, 6) is 0. The fraction of sp³-hybridized carbons (Fsp3) is 0.0667. The molecule has 1 aliphatic rings. The van der Waals surface area contributed by atoms with E-state index in [1.165, 1.54) is 97.0 Å². The maximum atomic E-state index is 2.43. The van der Waals surface area contributed by atoms with Crippen molar-refractivity contribution in [3.63, 3.8) is 0 Å². The van der Waals surface area contributed by atoms with E-state index in [1.54, 1.807) is 0 Å². The zero-order valence-electron chi connectivity index (χ0n) is 25.8. The molecule has 0 saturated carbocycles. The SMILES string of the molecule is CC1(C)c2ccccc2-c2ccc3cc(-c4c5ccccc5c(-c5cccc6c5sc5ccccc56)c5ccccc45)ccc3c21. The second-order valence-electron chi connectivity index (χ2n) is 13.2. The predicted molar refractivity (Wildman–Crippen MR) is 200 cm³/mol. The van der Waals surface area contributed by atoms with E-state index in [9.17, 15) is 0 Å². The zero-order chi connectivity index (χ0) is 30.6. The number of thiophene rings is 1. The van der Waals surface area contributed by atoms with E-state index < -0.39 is 0 Å². The lowest BCUT2D eigenvalue weighted by Gasteiger charge is -2.23. The maximum absolute atomic E-state index is 2.43. The Kier molecular flexibility index (Phi) is 5.31. The van der Waals surface area contributed by atoms with Gasteiger partial charge in [0.05, 0.1) is 0 Å². The van der Waals surface area contributed by atoms with Gasteiger partial charge in [0.2, 0.25) is 0 Å². The van der Waals surface area contributed by atoms with Crippen molar-refractivity contribution in [1.29, 1.82) is 0 Å². The van der Waals surface area contributed by atoms with E-state index >= 15 is 0 Å². The Hall–Kier alpha value is -5.24. The van der Waals surface area contributed by atoms with E-state index in [4.69, 9.17) is 0 Å². The maximum Gasteiger partial charge on any atom is 0.0434 e. The second kappa shape index (κ2) is 9.39. The second-order valence-corrected chi connectivity index (χ2v) is 14.3. The van der Waals surface area contributed by atoms with Crippen LogP contribution in [0.1, 0.15) is 25.0 Å². The van der Waals surface area contributed by atoms with Crippen LogP contribution in [0.3, 0.4) is 0 Å². The van der Waals surface area contributed by atoms with Gasteiger partial charge in [0.25, 0.3) is 0 Å². The van der Waals surface area contributed by atoms with Crippen molar-refractivity contribution >= 4 is 63.8 Å². The van der Waals surface area contributed by atoms with Gasteiger partial charge < -0.3 is 0 Å². The highest BCUT2D eigenvalue weighted by atomic mass is 32.1. The van der Waals surface area contributed by atoms with Crippen molar-refractivity contribution in [1.82, 2.24) is 0 Å². The lowest BCUT2D eigenvalue weighted by Crippen LogP contribution is -2.15. The summed E-state index contributed by atoms with van der Waals surface area (Å²) in [5, 5.41) is 10.5. The largest absolute Gasteiger partial charge is 0.135 e. The van der Waals surface area contributed by atoms with Crippen molar-refractivity contribution in [3.8, 4) is 33.4 Å². The minimum absolute atomic E-state index is 0.0401. The highest BCUT2D eigenvalue weighted by Crippen LogP contribution is 2.52. The number of hydrogen-bond donors (Lipinski definition) is 0. The van der Waals surface area contributed by atoms with Gasteiger partial charge in [0, 0.05) is 31.2 Å². The van der Waals surface area contributed by atoms with Crippen LogP contribution >= 0.6 is 11.3 Å². The summed E-state index contributed by atoms with van der Waals surface area (Å²) in [5.41, 5.74) is 10.8. The minimum Gasteiger partial charge on any atom is -0.135 e. The van der Waals surface area contributed by atoms with Gasteiger partial charge in [-0.25, -0.2) is 0 Å². The highest BCUT2D eigenvalue weighted by Gasteiger charge is 2.36. The van der Waals surface area contributed by atoms with Crippen LogP contribution in [-0.4, -0.2) is 0 Å². The minimum atomic E-state index is -0.0401. The molecule has 0 aliphatic heterocycles. The van der Waals surface area contributed by atoms with Gasteiger partial charge >= 0.3 is 0 Å². The molecule has 0 N–H and O–H groups in total. The Labute approximate surface area is 272 Å². The molecule has 1 heteroatoms. The third kappa shape index (κ3) is 3.44. The highest BCUT2D eigenvalue weighted by molar-refractivity contribution is 7.26. The Morgan fingerprint density at radius 2 is 1.04 bits per heavy atom. The molecular weight excluding hydrogens is 573 g/mol. The van der Waals surface area contributed by atoms with Crippen LogP contribution in [0.5, 0.6) is 0 Å². The first-order valence-corrected chi connectivity index (χ1v) is 16.9. The molecule has 0 unspecified atom stereocenters. The lowest BCUT2D eigenvalue weighted by atomic mass is 9.79. The van der Waals surface area contributed by atoms with Gasteiger partial charge in [-0.1, -0.05) is 147 Å². The van der Waals surface area contributed by atoms with E-state index in [0.717, 1.165) is 0 Å². The molecule has 1 aromatic heterocycles. The molecule has 0 spiro atoms. The molecule has 9 aromatic rings. The number of rotatable bonds is 2. The number of benzene rings is 8. The van der Waals surface area contributed by atoms with Crippen LogP contribution in [0.15, 0.2) is 146 Å². The third-order valence-corrected chi connectivity index (χ3v) is 11.6. The predicted octanol–water partition coefficient (Wildman–Crippen LogP) is 13.2. The molecule has 0 bridgehead atoms. The van der Waals surface area contributed by atoms with Crippen LogP contribution in [0.25, 0.3) is 85.9 Å². The average Bonchev–Trinajstić information content (AvgIpc) is 3.59. The van der Waals surface area contributed by atoms with Crippen LogP contribution < -0.4 is 0 Å². The average molecular weight is 603 g/mol. The molecule has 216 valence electrons. The number of fused-ring (bicyclic) bond motifs is 10. The van der Waals surface area contributed by atoms with Crippen LogP contribution in [0.2, 0.25) is 0 Å². The summed E-state index contributed by atoms with van der Waals surface area (Å²) < 4.78 is 2.69. The molecule has 0 saturated heterocycles. The fourth-order valence-electron chi connectivity index (χ4n) is 8.45. The Morgan fingerprint density at radius 3 is 1.80 bits per heavy atom. The monoisotopic (exact) mass is 602 g/mol. The van der Waals surface area contributed by atoms with Gasteiger partial charge in [-0.05, 0) is 83.4 Å². The molecule has 1 heterocycles. The lowest BCUT2D eigenvalue weighted by molar-refractivity contribution is 0.666. The molecule has 0 amide bonds. The van der Waals surface area contributed by atoms with Gasteiger partial charge in [-0.15, -0.1) is 11.3 Å². The third-order valence-electron chi connectivity index (χ3n) is 10.4. The Bertz CT molecular complexity index is 2660. The molecular formula is C45H30S. The van der Waals surface area contributed by atoms with Crippen molar-refractivity contribution in [2.45, 2.75) is 19.3 Å². The summed E-state index contributed by atoms with van der Waals surface area (Å²) >= 11 is 1.91. The normalized spacial score (nSPS) is 13.6. The van der Waals surface area contributed by atoms with E-state index in [0.29, 0.717) is 0 Å². The van der Waals surface area contributed by atoms with Crippen molar-refractivity contribution in [3.05, 3.63) is 157 Å².